The summed E-state index contributed by atoms with van der Waals surface area (Å²) in [4.78, 5) is 20.4. The summed E-state index contributed by atoms with van der Waals surface area (Å²) in [6.07, 6.45) is 6.15. The molecule has 164 valence electrons. The molecule has 1 fully saturated rings. The lowest BCUT2D eigenvalue weighted by molar-refractivity contribution is 0.192. The highest BCUT2D eigenvalue weighted by molar-refractivity contribution is 5.93. The van der Waals surface area contributed by atoms with E-state index in [1.165, 1.54) is 5.39 Å². The molecule has 1 aliphatic rings. The molecule has 2 amide bonds. The number of aromatic nitrogens is 1. The van der Waals surface area contributed by atoms with Gasteiger partial charge in [-0.3, -0.25) is 4.90 Å². The number of H-pyrrole nitrogens is 1. The molecule has 0 bridgehead atoms. The zero-order valence-corrected chi connectivity index (χ0v) is 18.4. The number of fused-ring (bicyclic) bond motifs is 1. The number of hydrogen-bond acceptors (Lipinski definition) is 3. The first-order valence-corrected chi connectivity index (χ1v) is 11.1. The Bertz CT molecular complexity index is 1030. The minimum absolute atomic E-state index is 0.0286. The molecule has 0 radical (unpaired) electrons. The van der Waals surface area contributed by atoms with Gasteiger partial charge in [-0.15, -0.1) is 0 Å². The van der Waals surface area contributed by atoms with E-state index >= 15 is 0 Å². The molecule has 4 rings (SSSR count). The van der Waals surface area contributed by atoms with Crippen LogP contribution in [0.4, 0.5) is 10.5 Å². The number of methoxy groups -OCH3 is 1. The average Bonchev–Trinajstić information content (AvgIpc) is 3.28. The maximum absolute atomic E-state index is 13.3. The fraction of sp³-hybridized carbons (Fsp3) is 0.400. The number of nitrogens with one attached hydrogen (secondary N) is 1. The lowest BCUT2D eigenvalue weighted by Gasteiger charge is -2.36. The molecule has 1 N–H and O–H groups in total. The average molecular weight is 422 g/mol. The largest absolute Gasteiger partial charge is 0.493 e. The second-order valence-electron chi connectivity index (χ2n) is 7.96. The Morgan fingerprint density at radius 1 is 1.06 bits per heavy atom. The fourth-order valence-electron chi connectivity index (χ4n) is 4.14. The Labute approximate surface area is 183 Å². The second kappa shape index (κ2) is 9.77. The standard InChI is InChI=1S/C25H31N3O3/c1-3-4-5-16-31-24-17-20(10-11-23(24)30-2)28-15-7-14-27(25(28)29)18-19-8-6-9-22-21(19)12-13-26-22/h6,8-13,17,26H,3-5,7,14-16,18H2,1-2H3. The molecular formula is C25H31N3O3. The highest BCUT2D eigenvalue weighted by Gasteiger charge is 2.28. The molecule has 0 aliphatic carbocycles. The topological polar surface area (TPSA) is 57.8 Å². The molecule has 1 aromatic heterocycles. The molecule has 0 spiro atoms. The summed E-state index contributed by atoms with van der Waals surface area (Å²) in [5, 5.41) is 1.17. The number of ether oxygens (including phenoxy) is 2. The van der Waals surface area contributed by atoms with Crippen molar-refractivity contribution in [3.63, 3.8) is 0 Å². The summed E-state index contributed by atoms with van der Waals surface area (Å²) in [6.45, 7) is 4.87. The molecule has 1 saturated heterocycles. The minimum Gasteiger partial charge on any atom is -0.493 e. The molecule has 2 aromatic carbocycles. The van der Waals surface area contributed by atoms with Gasteiger partial charge in [0, 0.05) is 48.5 Å². The zero-order valence-electron chi connectivity index (χ0n) is 18.4. The van der Waals surface area contributed by atoms with Crippen LogP contribution in [0.5, 0.6) is 11.5 Å². The van der Waals surface area contributed by atoms with Gasteiger partial charge in [0.25, 0.3) is 0 Å². The van der Waals surface area contributed by atoms with Crippen molar-refractivity contribution in [1.29, 1.82) is 0 Å². The van der Waals surface area contributed by atoms with Gasteiger partial charge in [0.05, 0.1) is 13.7 Å². The van der Waals surface area contributed by atoms with Gasteiger partial charge in [0.1, 0.15) is 0 Å². The Morgan fingerprint density at radius 3 is 2.81 bits per heavy atom. The molecule has 0 saturated carbocycles. The fourth-order valence-corrected chi connectivity index (χ4v) is 4.14. The first-order valence-electron chi connectivity index (χ1n) is 11.1. The molecule has 0 atom stereocenters. The molecule has 6 heteroatoms. The number of aromatic amines is 1. The van der Waals surface area contributed by atoms with Crippen LogP contribution in [-0.2, 0) is 6.54 Å². The zero-order chi connectivity index (χ0) is 21.6. The van der Waals surface area contributed by atoms with E-state index in [0.29, 0.717) is 31.2 Å². The van der Waals surface area contributed by atoms with Crippen LogP contribution < -0.4 is 14.4 Å². The Kier molecular flexibility index (Phi) is 6.65. The third-order valence-corrected chi connectivity index (χ3v) is 5.82. The van der Waals surface area contributed by atoms with Crippen molar-refractivity contribution in [3.8, 4) is 11.5 Å². The maximum atomic E-state index is 13.3. The summed E-state index contributed by atoms with van der Waals surface area (Å²) in [5.41, 5.74) is 3.10. The summed E-state index contributed by atoms with van der Waals surface area (Å²) in [5.74, 6) is 1.39. The third kappa shape index (κ3) is 4.63. The van der Waals surface area contributed by atoms with Crippen molar-refractivity contribution < 1.29 is 14.3 Å². The van der Waals surface area contributed by atoms with Gasteiger partial charge >= 0.3 is 6.03 Å². The van der Waals surface area contributed by atoms with Crippen LogP contribution >= 0.6 is 0 Å². The highest BCUT2D eigenvalue weighted by atomic mass is 16.5. The van der Waals surface area contributed by atoms with Crippen molar-refractivity contribution in [2.45, 2.75) is 39.2 Å². The third-order valence-electron chi connectivity index (χ3n) is 5.82. The summed E-state index contributed by atoms with van der Waals surface area (Å²) < 4.78 is 11.4. The van der Waals surface area contributed by atoms with E-state index in [0.717, 1.165) is 49.0 Å². The van der Waals surface area contributed by atoms with Crippen LogP contribution in [0.2, 0.25) is 0 Å². The second-order valence-corrected chi connectivity index (χ2v) is 7.96. The maximum Gasteiger partial charge on any atom is 0.324 e. The smallest absolute Gasteiger partial charge is 0.324 e. The van der Waals surface area contributed by atoms with E-state index in [1.807, 2.05) is 40.3 Å². The monoisotopic (exact) mass is 421 g/mol. The molecular weight excluding hydrogens is 390 g/mol. The van der Waals surface area contributed by atoms with E-state index < -0.39 is 0 Å². The number of amides is 2. The predicted molar refractivity (Wildman–Crippen MR) is 124 cm³/mol. The van der Waals surface area contributed by atoms with Crippen molar-refractivity contribution in [2.75, 3.05) is 31.7 Å². The van der Waals surface area contributed by atoms with Gasteiger partial charge < -0.3 is 19.4 Å². The van der Waals surface area contributed by atoms with Gasteiger partial charge in [-0.25, -0.2) is 4.79 Å². The first kappa shape index (κ1) is 21.1. The van der Waals surface area contributed by atoms with Crippen molar-refractivity contribution in [3.05, 3.63) is 54.2 Å². The number of anilines is 1. The molecule has 0 unspecified atom stereocenters. The number of nitrogens with zero attached hydrogens (tertiary/aromatic N) is 2. The van der Waals surface area contributed by atoms with Crippen molar-refractivity contribution in [1.82, 2.24) is 9.88 Å². The lowest BCUT2D eigenvalue weighted by atomic mass is 10.1. The number of carbonyl (C=O) groups is 1. The Morgan fingerprint density at radius 2 is 1.97 bits per heavy atom. The number of hydrogen-bond donors (Lipinski definition) is 1. The van der Waals surface area contributed by atoms with E-state index in [9.17, 15) is 4.79 Å². The van der Waals surface area contributed by atoms with Gasteiger partial charge in [-0.2, -0.15) is 0 Å². The number of unbranched alkanes of at least 4 members (excludes halogenated alkanes) is 2. The molecule has 6 nitrogen and oxygen atoms in total. The number of urea groups is 1. The van der Waals surface area contributed by atoms with Crippen LogP contribution in [0.25, 0.3) is 10.9 Å². The summed E-state index contributed by atoms with van der Waals surface area (Å²) in [6, 6.07) is 14.0. The van der Waals surface area contributed by atoms with E-state index in [2.05, 4.69) is 30.1 Å². The van der Waals surface area contributed by atoms with E-state index in [-0.39, 0.29) is 6.03 Å². The van der Waals surface area contributed by atoms with Crippen LogP contribution in [0.1, 0.15) is 38.2 Å². The van der Waals surface area contributed by atoms with Crippen molar-refractivity contribution in [2.24, 2.45) is 0 Å². The Balaban J connectivity index is 1.51. The predicted octanol–water partition coefficient (Wildman–Crippen LogP) is 5.58. The quantitative estimate of drug-likeness (QED) is 0.459. The molecule has 1 aliphatic heterocycles. The molecule has 2 heterocycles. The highest BCUT2D eigenvalue weighted by Crippen LogP contribution is 2.33. The number of rotatable bonds is 9. The van der Waals surface area contributed by atoms with Crippen LogP contribution in [0.15, 0.2) is 48.7 Å². The van der Waals surface area contributed by atoms with Crippen LogP contribution in [0.3, 0.4) is 0 Å². The number of benzene rings is 2. The van der Waals surface area contributed by atoms with Crippen LogP contribution in [0, 0.1) is 0 Å². The molecule has 31 heavy (non-hydrogen) atoms. The van der Waals surface area contributed by atoms with E-state index in [1.54, 1.807) is 7.11 Å². The summed E-state index contributed by atoms with van der Waals surface area (Å²) >= 11 is 0. The normalized spacial score (nSPS) is 14.3. The first-order chi connectivity index (χ1) is 15.2. The van der Waals surface area contributed by atoms with Crippen molar-refractivity contribution >= 4 is 22.6 Å². The van der Waals surface area contributed by atoms with E-state index in [4.69, 9.17) is 9.47 Å². The number of carbonyl (C=O) groups excluding carboxylic acids is 1. The lowest BCUT2D eigenvalue weighted by Crippen LogP contribution is -2.49. The van der Waals surface area contributed by atoms with Gasteiger partial charge in [0.15, 0.2) is 11.5 Å². The van der Waals surface area contributed by atoms with Gasteiger partial charge in [-0.1, -0.05) is 31.9 Å². The minimum atomic E-state index is 0.0286. The SMILES string of the molecule is CCCCCOc1cc(N2CCCN(Cc3cccc4[nH]ccc34)C2=O)ccc1OC. The summed E-state index contributed by atoms with van der Waals surface area (Å²) in [7, 11) is 1.64. The Hall–Kier alpha value is -3.15. The van der Waals surface area contributed by atoms with Gasteiger partial charge in [-0.05, 0) is 42.7 Å². The molecule has 3 aromatic rings. The van der Waals surface area contributed by atoms with Gasteiger partial charge in [0.2, 0.25) is 0 Å². The van der Waals surface area contributed by atoms with Crippen LogP contribution in [-0.4, -0.2) is 42.7 Å².